The van der Waals surface area contributed by atoms with Gasteiger partial charge in [0, 0.05) is 30.1 Å². The van der Waals surface area contributed by atoms with Crippen molar-refractivity contribution < 1.29 is 5.11 Å². The Hall–Kier alpha value is -1.68. The van der Waals surface area contributed by atoms with Gasteiger partial charge in [0.1, 0.15) is 0 Å². The lowest BCUT2D eigenvalue weighted by Gasteiger charge is -2.30. The van der Waals surface area contributed by atoms with Crippen molar-refractivity contribution in [1.29, 1.82) is 0 Å². The molecular weight excluding hydrogens is 238 g/mol. The fourth-order valence-corrected chi connectivity index (χ4v) is 2.82. The van der Waals surface area contributed by atoms with E-state index in [9.17, 15) is 5.11 Å². The van der Waals surface area contributed by atoms with Gasteiger partial charge >= 0.3 is 0 Å². The second kappa shape index (κ2) is 5.53. The predicted molar refractivity (Wildman–Crippen MR) is 76.0 cm³/mol. The lowest BCUT2D eigenvalue weighted by molar-refractivity contribution is 0.178. The number of hydrogen-bond acceptors (Lipinski definition) is 4. The molecule has 3 rings (SSSR count). The van der Waals surface area contributed by atoms with Crippen LogP contribution in [0.3, 0.4) is 0 Å². The number of nitrogens with zero attached hydrogens (tertiary/aromatic N) is 2. The van der Waals surface area contributed by atoms with Crippen LogP contribution in [0.1, 0.15) is 25.7 Å². The lowest BCUT2D eigenvalue weighted by Crippen LogP contribution is -2.34. The van der Waals surface area contributed by atoms with E-state index in [1.807, 2.05) is 30.5 Å². The molecule has 0 bridgehead atoms. The third kappa shape index (κ3) is 2.68. The summed E-state index contributed by atoms with van der Waals surface area (Å²) in [7, 11) is 0. The van der Waals surface area contributed by atoms with Crippen LogP contribution in [-0.2, 0) is 0 Å². The molecule has 0 aliphatic heterocycles. The van der Waals surface area contributed by atoms with Crippen molar-refractivity contribution in [1.82, 2.24) is 9.97 Å². The van der Waals surface area contributed by atoms with Crippen LogP contribution in [0.2, 0.25) is 0 Å². The van der Waals surface area contributed by atoms with E-state index in [4.69, 9.17) is 0 Å². The number of para-hydroxylation sites is 1. The standard InChI is InChI=1S/C15H19N3O/c19-10-12-6-2-4-8-14(12)18-15-16-9-11-5-1-3-7-13(11)17-15/h1,3,5,7,9,12,14,19H,2,4,6,8,10H2,(H,16,17,18). The van der Waals surface area contributed by atoms with Crippen molar-refractivity contribution in [3.8, 4) is 0 Å². The van der Waals surface area contributed by atoms with E-state index >= 15 is 0 Å². The summed E-state index contributed by atoms with van der Waals surface area (Å²) in [5.74, 6) is 0.993. The zero-order valence-electron chi connectivity index (χ0n) is 10.9. The zero-order valence-corrected chi connectivity index (χ0v) is 10.9. The number of aromatic nitrogens is 2. The molecule has 4 nitrogen and oxygen atoms in total. The molecule has 100 valence electrons. The Bertz CT molecular complexity index is 558. The molecule has 19 heavy (non-hydrogen) atoms. The highest BCUT2D eigenvalue weighted by Crippen LogP contribution is 2.26. The summed E-state index contributed by atoms with van der Waals surface area (Å²) >= 11 is 0. The molecule has 1 aliphatic rings. The molecule has 1 aliphatic carbocycles. The first-order valence-corrected chi connectivity index (χ1v) is 6.96. The zero-order chi connectivity index (χ0) is 13.1. The monoisotopic (exact) mass is 257 g/mol. The molecule has 2 unspecified atom stereocenters. The molecule has 1 heterocycles. The molecule has 2 aromatic rings. The maximum atomic E-state index is 9.43. The van der Waals surface area contributed by atoms with Crippen molar-refractivity contribution in [3.05, 3.63) is 30.5 Å². The SMILES string of the molecule is OCC1CCCCC1Nc1ncc2ccccc2n1. The van der Waals surface area contributed by atoms with Gasteiger partial charge in [0.05, 0.1) is 5.52 Å². The Labute approximate surface area is 112 Å². The maximum Gasteiger partial charge on any atom is 0.223 e. The van der Waals surface area contributed by atoms with Crippen molar-refractivity contribution in [2.75, 3.05) is 11.9 Å². The van der Waals surface area contributed by atoms with Gasteiger partial charge in [-0.05, 0) is 18.9 Å². The maximum absolute atomic E-state index is 9.43. The Morgan fingerprint density at radius 2 is 2.05 bits per heavy atom. The number of aliphatic hydroxyl groups excluding tert-OH is 1. The molecule has 1 aromatic heterocycles. The van der Waals surface area contributed by atoms with Crippen LogP contribution in [-0.4, -0.2) is 27.7 Å². The van der Waals surface area contributed by atoms with Crippen LogP contribution in [0.4, 0.5) is 5.95 Å². The summed E-state index contributed by atoms with van der Waals surface area (Å²) in [5, 5.41) is 13.9. The summed E-state index contributed by atoms with van der Waals surface area (Å²) in [6.45, 7) is 0.241. The van der Waals surface area contributed by atoms with Crippen molar-refractivity contribution in [2.45, 2.75) is 31.7 Å². The van der Waals surface area contributed by atoms with Crippen molar-refractivity contribution in [2.24, 2.45) is 5.92 Å². The molecular formula is C15H19N3O. The largest absolute Gasteiger partial charge is 0.396 e. The Morgan fingerprint density at radius 3 is 2.95 bits per heavy atom. The minimum absolute atomic E-state index is 0.241. The van der Waals surface area contributed by atoms with Gasteiger partial charge < -0.3 is 10.4 Å². The van der Waals surface area contributed by atoms with E-state index in [-0.39, 0.29) is 6.61 Å². The molecule has 2 atom stereocenters. The fraction of sp³-hybridized carbons (Fsp3) is 0.467. The summed E-state index contributed by atoms with van der Waals surface area (Å²) in [6.07, 6.45) is 6.44. The molecule has 2 N–H and O–H groups in total. The van der Waals surface area contributed by atoms with E-state index in [2.05, 4.69) is 15.3 Å². The Morgan fingerprint density at radius 1 is 1.21 bits per heavy atom. The highest BCUT2D eigenvalue weighted by atomic mass is 16.3. The van der Waals surface area contributed by atoms with Crippen LogP contribution in [0.15, 0.2) is 30.5 Å². The van der Waals surface area contributed by atoms with Gasteiger partial charge in [-0.2, -0.15) is 0 Å². The topological polar surface area (TPSA) is 58.0 Å². The first kappa shape index (κ1) is 12.4. The van der Waals surface area contributed by atoms with Gasteiger partial charge in [-0.3, -0.25) is 0 Å². The van der Waals surface area contributed by atoms with Gasteiger partial charge in [0.25, 0.3) is 0 Å². The number of fused-ring (bicyclic) bond motifs is 1. The second-order valence-electron chi connectivity index (χ2n) is 5.23. The van der Waals surface area contributed by atoms with Gasteiger partial charge in [-0.15, -0.1) is 0 Å². The van der Waals surface area contributed by atoms with E-state index in [1.165, 1.54) is 12.8 Å². The third-order valence-electron chi connectivity index (χ3n) is 3.95. The minimum atomic E-state index is 0.241. The van der Waals surface area contributed by atoms with Gasteiger partial charge in [-0.25, -0.2) is 9.97 Å². The quantitative estimate of drug-likeness (QED) is 0.887. The highest BCUT2D eigenvalue weighted by Gasteiger charge is 2.24. The smallest absolute Gasteiger partial charge is 0.223 e. The molecule has 1 saturated carbocycles. The number of nitrogens with one attached hydrogen (secondary N) is 1. The van der Waals surface area contributed by atoms with Crippen molar-refractivity contribution >= 4 is 16.9 Å². The van der Waals surface area contributed by atoms with Gasteiger partial charge in [0.2, 0.25) is 5.95 Å². The van der Waals surface area contributed by atoms with Gasteiger partial charge in [-0.1, -0.05) is 31.0 Å². The predicted octanol–water partition coefficient (Wildman–Crippen LogP) is 2.59. The summed E-state index contributed by atoms with van der Waals surface area (Å²) in [5.41, 5.74) is 0.955. The van der Waals surface area contributed by atoms with Crippen LogP contribution in [0, 0.1) is 5.92 Å². The first-order valence-electron chi connectivity index (χ1n) is 6.96. The molecule has 4 heteroatoms. The van der Waals surface area contributed by atoms with Crippen LogP contribution in [0.5, 0.6) is 0 Å². The first-order chi connectivity index (χ1) is 9.36. The molecule has 1 fully saturated rings. The van der Waals surface area contributed by atoms with E-state index in [0.717, 1.165) is 23.7 Å². The van der Waals surface area contributed by atoms with Crippen LogP contribution in [0.25, 0.3) is 10.9 Å². The molecule has 1 aromatic carbocycles. The van der Waals surface area contributed by atoms with Crippen molar-refractivity contribution in [3.63, 3.8) is 0 Å². The highest BCUT2D eigenvalue weighted by molar-refractivity contribution is 5.78. The third-order valence-corrected chi connectivity index (χ3v) is 3.95. The molecule has 0 saturated heterocycles. The lowest BCUT2D eigenvalue weighted by atomic mass is 9.85. The summed E-state index contributed by atoms with van der Waals surface area (Å²) < 4.78 is 0. The number of rotatable bonds is 3. The van der Waals surface area contributed by atoms with E-state index in [0.29, 0.717) is 17.9 Å². The number of anilines is 1. The average molecular weight is 257 g/mol. The van der Waals surface area contributed by atoms with Gasteiger partial charge in [0.15, 0.2) is 0 Å². The van der Waals surface area contributed by atoms with Crippen LogP contribution < -0.4 is 5.32 Å². The number of benzene rings is 1. The molecule has 0 amide bonds. The summed E-state index contributed by atoms with van der Waals surface area (Å²) in [6, 6.07) is 8.26. The fourth-order valence-electron chi connectivity index (χ4n) is 2.82. The Kier molecular flexibility index (Phi) is 3.60. The number of hydrogen-bond donors (Lipinski definition) is 2. The normalized spacial score (nSPS) is 23.4. The van der Waals surface area contributed by atoms with E-state index < -0.39 is 0 Å². The molecule has 0 spiro atoms. The molecule has 0 radical (unpaired) electrons. The number of aliphatic hydroxyl groups is 1. The Balaban J connectivity index is 1.80. The minimum Gasteiger partial charge on any atom is -0.396 e. The van der Waals surface area contributed by atoms with E-state index in [1.54, 1.807) is 0 Å². The second-order valence-corrected chi connectivity index (χ2v) is 5.23. The average Bonchev–Trinajstić information content (AvgIpc) is 2.48. The summed E-state index contributed by atoms with van der Waals surface area (Å²) in [4.78, 5) is 8.90. The van der Waals surface area contributed by atoms with Crippen LogP contribution >= 0.6 is 0 Å².